The van der Waals surface area contributed by atoms with Crippen LogP contribution in [-0.4, -0.2) is 59.3 Å². The molecule has 206 valence electrons. The maximum atomic E-state index is 11.8. The average Bonchev–Trinajstić information content (AvgIpc) is 3.53. The molecule has 9 heteroatoms. The highest BCUT2D eigenvalue weighted by molar-refractivity contribution is 7.14. The monoisotopic (exact) mass is 556 g/mol. The number of fused-ring (bicyclic) bond motifs is 3. The van der Waals surface area contributed by atoms with Gasteiger partial charge in [-0.25, -0.2) is 4.98 Å². The highest BCUT2D eigenvalue weighted by Gasteiger charge is 2.47. The molecule has 4 aliphatic rings. The van der Waals surface area contributed by atoms with Gasteiger partial charge in [-0.2, -0.15) is 5.26 Å². The number of thiazole rings is 1. The molecule has 40 heavy (non-hydrogen) atoms. The Morgan fingerprint density at radius 2 is 2.02 bits per heavy atom. The summed E-state index contributed by atoms with van der Waals surface area (Å²) >= 11 is 1.60. The van der Waals surface area contributed by atoms with Crippen LogP contribution in [0, 0.1) is 36.0 Å². The van der Waals surface area contributed by atoms with Crippen molar-refractivity contribution >= 4 is 22.4 Å². The van der Waals surface area contributed by atoms with Gasteiger partial charge in [0.05, 0.1) is 42.0 Å². The van der Waals surface area contributed by atoms with E-state index in [4.69, 9.17) is 14.5 Å². The lowest BCUT2D eigenvalue weighted by Crippen LogP contribution is -2.69. The first-order valence-electron chi connectivity index (χ1n) is 14.0. The van der Waals surface area contributed by atoms with Gasteiger partial charge in [0.25, 0.3) is 0 Å². The second-order valence-corrected chi connectivity index (χ2v) is 12.5. The van der Waals surface area contributed by atoms with Crippen LogP contribution in [0.4, 0.5) is 5.13 Å². The number of aromatic nitrogens is 1. The largest absolute Gasteiger partial charge is 0.488 e. The van der Waals surface area contributed by atoms with Crippen molar-refractivity contribution in [2.45, 2.75) is 45.1 Å². The summed E-state index contributed by atoms with van der Waals surface area (Å²) in [5.41, 5.74) is 5.54. The van der Waals surface area contributed by atoms with E-state index in [2.05, 4.69) is 40.3 Å². The number of piperidine rings is 1. The number of nitrogens with zero attached hydrogens (tertiary/aromatic N) is 4. The summed E-state index contributed by atoms with van der Waals surface area (Å²) in [6, 6.07) is 15.1. The van der Waals surface area contributed by atoms with E-state index in [1.807, 2.05) is 24.3 Å². The SMILES string of the molecule is Cc1ccc(OCc2ccc(CN3C[C@H]4OCC43)cc2C#N)c(-c2csc(N3C[C@H]4CC[C@@H](C3)[C@H]4C(=O)O)n2)c1. The van der Waals surface area contributed by atoms with E-state index in [9.17, 15) is 15.2 Å². The van der Waals surface area contributed by atoms with Gasteiger partial charge < -0.3 is 19.5 Å². The smallest absolute Gasteiger partial charge is 0.307 e. The van der Waals surface area contributed by atoms with Crippen LogP contribution in [0.15, 0.2) is 41.8 Å². The zero-order chi connectivity index (χ0) is 27.4. The third-order valence-electron chi connectivity index (χ3n) is 9.15. The Morgan fingerprint density at radius 3 is 2.70 bits per heavy atom. The molecule has 2 bridgehead atoms. The number of morpholine rings is 1. The van der Waals surface area contributed by atoms with Crippen molar-refractivity contribution in [1.29, 1.82) is 5.26 Å². The lowest BCUT2D eigenvalue weighted by atomic mass is 9.85. The Kier molecular flexibility index (Phi) is 6.50. The normalized spacial score (nSPS) is 26.9. The van der Waals surface area contributed by atoms with Crippen LogP contribution < -0.4 is 9.64 Å². The molecule has 1 aliphatic carbocycles. The number of likely N-dealkylation sites (tertiary alicyclic amines) is 1. The molecule has 3 aromatic rings. The maximum Gasteiger partial charge on any atom is 0.307 e. The number of nitriles is 1. The third-order valence-corrected chi connectivity index (χ3v) is 10.1. The van der Waals surface area contributed by atoms with Crippen LogP contribution in [-0.2, 0) is 22.7 Å². The minimum Gasteiger partial charge on any atom is -0.488 e. The van der Waals surface area contributed by atoms with Crippen molar-refractivity contribution in [3.05, 3.63) is 64.0 Å². The number of carboxylic acid groups (broad SMARTS) is 1. The van der Waals surface area contributed by atoms with Gasteiger partial charge in [-0.3, -0.25) is 9.69 Å². The summed E-state index contributed by atoms with van der Waals surface area (Å²) in [6.45, 7) is 6.46. The standard InChI is InChI=1S/C31H32N4O4S/c1-18-2-7-27(38-15-22-4-3-19(9-23(22)10-32)11-34-14-28-26(34)16-39-28)24(8-18)25-17-40-31(33-25)35-12-20-5-6-21(13-35)29(20)30(36)37/h2-4,7-9,17,20-21,26,28-29H,5-6,11-16H2,1H3,(H,36,37)/t20-,21+,26?,28-,29+/m1/s1. The van der Waals surface area contributed by atoms with E-state index >= 15 is 0 Å². The van der Waals surface area contributed by atoms with Gasteiger partial charge in [0.15, 0.2) is 5.13 Å². The number of rotatable bonds is 8. The summed E-state index contributed by atoms with van der Waals surface area (Å²) in [5.74, 6) is 0.243. The van der Waals surface area contributed by atoms with Gasteiger partial charge in [-0.1, -0.05) is 23.8 Å². The number of hydrogen-bond donors (Lipinski definition) is 1. The van der Waals surface area contributed by atoms with Crippen molar-refractivity contribution < 1.29 is 19.4 Å². The number of ether oxygens (including phenoxy) is 2. The molecular weight excluding hydrogens is 524 g/mol. The first kappa shape index (κ1) is 25.5. The van der Waals surface area contributed by atoms with E-state index < -0.39 is 5.97 Å². The van der Waals surface area contributed by atoms with Crippen LogP contribution in [0.1, 0.15) is 35.1 Å². The molecule has 0 amide bonds. The lowest BCUT2D eigenvalue weighted by Gasteiger charge is -2.55. The number of hydrogen-bond acceptors (Lipinski definition) is 8. The quantitative estimate of drug-likeness (QED) is 0.426. The number of benzene rings is 2. The van der Waals surface area contributed by atoms with E-state index in [1.165, 1.54) is 0 Å². The highest BCUT2D eigenvalue weighted by atomic mass is 32.1. The predicted molar refractivity (Wildman–Crippen MR) is 151 cm³/mol. The number of aliphatic carboxylic acids is 1. The molecule has 1 N–H and O–H groups in total. The Hall–Kier alpha value is -3.45. The van der Waals surface area contributed by atoms with Crippen LogP contribution >= 0.6 is 11.3 Å². The molecule has 2 aromatic carbocycles. The van der Waals surface area contributed by atoms with Crippen LogP contribution in [0.3, 0.4) is 0 Å². The zero-order valence-electron chi connectivity index (χ0n) is 22.5. The van der Waals surface area contributed by atoms with Crippen molar-refractivity contribution in [3.63, 3.8) is 0 Å². The van der Waals surface area contributed by atoms with E-state index in [-0.39, 0.29) is 17.8 Å². The fraction of sp³-hybridized carbons (Fsp3) is 0.452. The second kappa shape index (κ2) is 10.2. The molecule has 1 saturated carbocycles. The van der Waals surface area contributed by atoms with Crippen LogP contribution in [0.25, 0.3) is 11.3 Å². The zero-order valence-corrected chi connectivity index (χ0v) is 23.3. The molecule has 5 atom stereocenters. The molecule has 4 heterocycles. The van der Waals surface area contributed by atoms with E-state index in [0.717, 1.165) is 84.5 Å². The molecular formula is C31H32N4O4S. The molecule has 1 aromatic heterocycles. The first-order chi connectivity index (χ1) is 19.5. The highest BCUT2D eigenvalue weighted by Crippen LogP contribution is 2.44. The van der Waals surface area contributed by atoms with Crippen LogP contribution in [0.2, 0.25) is 0 Å². The van der Waals surface area contributed by atoms with E-state index in [0.29, 0.717) is 24.3 Å². The predicted octanol–water partition coefficient (Wildman–Crippen LogP) is 4.70. The minimum atomic E-state index is -0.652. The topological polar surface area (TPSA) is 98.9 Å². The first-order valence-corrected chi connectivity index (χ1v) is 14.9. The molecule has 7 rings (SSSR count). The van der Waals surface area contributed by atoms with E-state index in [1.54, 1.807) is 11.3 Å². The fourth-order valence-electron chi connectivity index (χ4n) is 6.87. The summed E-state index contributed by atoms with van der Waals surface area (Å²) in [7, 11) is 0. The third kappa shape index (κ3) is 4.54. The number of anilines is 1. The van der Waals surface area contributed by atoms with Gasteiger partial charge in [0, 0.05) is 42.7 Å². The molecule has 3 aliphatic heterocycles. The lowest BCUT2D eigenvalue weighted by molar-refractivity contribution is -0.217. The summed E-state index contributed by atoms with van der Waals surface area (Å²) in [4.78, 5) is 21.4. The molecule has 1 unspecified atom stereocenters. The van der Waals surface area contributed by atoms with Gasteiger partial charge in [-0.05, 0) is 55.4 Å². The molecule has 3 saturated heterocycles. The van der Waals surface area contributed by atoms with Gasteiger partial charge in [0.2, 0.25) is 0 Å². The number of carboxylic acids is 1. The van der Waals surface area contributed by atoms with Crippen LogP contribution in [0.5, 0.6) is 5.75 Å². The van der Waals surface area contributed by atoms with Gasteiger partial charge >= 0.3 is 5.97 Å². The number of carbonyl (C=O) groups is 1. The minimum absolute atomic E-state index is 0.192. The van der Waals surface area contributed by atoms with Crippen molar-refractivity contribution in [2.24, 2.45) is 17.8 Å². The summed E-state index contributed by atoms with van der Waals surface area (Å²) in [5, 5.41) is 22.5. The fourth-order valence-corrected chi connectivity index (χ4v) is 7.72. The van der Waals surface area contributed by atoms with Crippen molar-refractivity contribution in [2.75, 3.05) is 31.1 Å². The Morgan fingerprint density at radius 1 is 1.20 bits per heavy atom. The number of aryl methyl sites for hydroxylation is 1. The van der Waals surface area contributed by atoms with Crippen molar-refractivity contribution in [3.8, 4) is 23.1 Å². The molecule has 0 radical (unpaired) electrons. The molecule has 8 nitrogen and oxygen atoms in total. The Balaban J connectivity index is 1.06. The maximum absolute atomic E-state index is 11.8. The van der Waals surface area contributed by atoms with Gasteiger partial charge in [0.1, 0.15) is 12.4 Å². The Labute approximate surface area is 237 Å². The Bertz CT molecular complexity index is 1480. The van der Waals surface area contributed by atoms with Crippen molar-refractivity contribution in [1.82, 2.24) is 9.88 Å². The second-order valence-electron chi connectivity index (χ2n) is 11.6. The summed E-state index contributed by atoms with van der Waals surface area (Å²) in [6.07, 6.45) is 2.36. The molecule has 0 spiro atoms. The molecule has 4 fully saturated rings. The summed E-state index contributed by atoms with van der Waals surface area (Å²) < 4.78 is 11.8. The average molecular weight is 557 g/mol. The van der Waals surface area contributed by atoms with Gasteiger partial charge in [-0.15, -0.1) is 11.3 Å².